The Morgan fingerprint density at radius 2 is 0.719 bits per heavy atom. The fourth-order valence-electron chi connectivity index (χ4n) is 14.1. The third-order valence-corrected chi connectivity index (χ3v) is 18.1. The maximum atomic E-state index is 9.70. The first kappa shape index (κ1) is 36.7. The molecule has 0 aliphatic carbocycles. The Balaban J connectivity index is 1.01. The summed E-state index contributed by atoms with van der Waals surface area (Å²) in [6.07, 6.45) is 0. The SMILES string of the molecule is [2H]c1c([2H])c([2H])c2c(c1[2H])c1c([2H])c([2H])c([2H])c([2H])c1n2-c1ccc2c(c1)N(c1cc(-c3ccccc3)cc3c1oc1ccccc13)c1cc(C(C)(C)C)cc3c1B2c1ccc(-n2c4c([2H])c([2H])c([2H])c([2H])c4c4c([2H])c([2H])c([2H])c([2H])c42)cc1N3c1cc(-c2ccccc2)cc2c1oc1ccccc12. The third kappa shape index (κ3) is 7.27. The monoisotopic (exact) mass is 1150 g/mol. The van der Waals surface area contributed by atoms with E-state index >= 15 is 0 Å². The molecule has 19 rings (SSSR count). The largest absolute Gasteiger partial charge is 0.454 e. The lowest BCUT2D eigenvalue weighted by Crippen LogP contribution is -2.61. The Morgan fingerprint density at radius 1 is 0.337 bits per heavy atom. The number of hydrogen-bond donors (Lipinski definition) is 0. The molecule has 89 heavy (non-hydrogen) atoms. The zero-order valence-electron chi connectivity index (χ0n) is 64.0. The van der Waals surface area contributed by atoms with Crippen LogP contribution in [0.15, 0.2) is 288 Å². The van der Waals surface area contributed by atoms with Gasteiger partial charge in [0.25, 0.3) is 6.71 Å². The Hall–Kier alpha value is -11.3. The van der Waals surface area contributed by atoms with Gasteiger partial charge in [0, 0.05) is 77.2 Å². The second-order valence-electron chi connectivity index (χ2n) is 24.0. The van der Waals surface area contributed by atoms with E-state index in [2.05, 4.69) is 91.2 Å². The minimum atomic E-state index is -0.753. The molecule has 0 saturated heterocycles. The van der Waals surface area contributed by atoms with Crippen LogP contribution >= 0.6 is 0 Å². The molecule has 17 aromatic rings. The Labute approximate surface area is 536 Å². The van der Waals surface area contributed by atoms with Crippen LogP contribution in [0.3, 0.4) is 0 Å². The second kappa shape index (κ2) is 18.6. The molecule has 0 atom stereocenters. The lowest BCUT2D eigenvalue weighted by Gasteiger charge is -2.45. The first-order valence-electron chi connectivity index (χ1n) is 37.5. The maximum Gasteiger partial charge on any atom is 0.252 e. The summed E-state index contributed by atoms with van der Waals surface area (Å²) < 4.78 is 166. The molecule has 0 radical (unpaired) electrons. The molecule has 2 aliphatic heterocycles. The molecule has 6 heterocycles. The van der Waals surface area contributed by atoms with Crippen molar-refractivity contribution in [2.24, 2.45) is 0 Å². The molecule has 6 nitrogen and oxygen atoms in total. The van der Waals surface area contributed by atoms with E-state index in [0.29, 0.717) is 78.8 Å². The summed E-state index contributed by atoms with van der Waals surface area (Å²) in [7, 11) is 0. The highest BCUT2D eigenvalue weighted by Gasteiger charge is 2.46. The van der Waals surface area contributed by atoms with Gasteiger partial charge in [-0.25, -0.2) is 0 Å². The van der Waals surface area contributed by atoms with E-state index < -0.39 is 109 Å². The highest BCUT2D eigenvalue weighted by molar-refractivity contribution is 7.00. The molecule has 7 heteroatoms. The van der Waals surface area contributed by atoms with Gasteiger partial charge in [-0.05, 0) is 147 Å². The first-order valence-corrected chi connectivity index (χ1v) is 29.5. The zero-order valence-corrected chi connectivity index (χ0v) is 48.0. The fraction of sp³-hybridized carbons (Fsp3) is 0.0488. The van der Waals surface area contributed by atoms with Crippen molar-refractivity contribution in [2.75, 3.05) is 9.80 Å². The van der Waals surface area contributed by atoms with Crippen molar-refractivity contribution in [3.63, 3.8) is 0 Å². The van der Waals surface area contributed by atoms with Crippen LogP contribution in [0.5, 0.6) is 0 Å². The van der Waals surface area contributed by atoms with Crippen LogP contribution in [0.4, 0.5) is 34.1 Å². The topological polar surface area (TPSA) is 42.6 Å². The Bertz CT molecular complexity index is 6270. The minimum Gasteiger partial charge on any atom is -0.454 e. The predicted octanol–water partition coefficient (Wildman–Crippen LogP) is 20.4. The maximum absolute atomic E-state index is 9.70. The van der Waals surface area contributed by atoms with Crippen molar-refractivity contribution in [3.05, 3.63) is 284 Å². The summed E-state index contributed by atoms with van der Waals surface area (Å²) in [5.74, 6) is 0. The van der Waals surface area contributed by atoms with Crippen molar-refractivity contribution >= 4 is 145 Å². The van der Waals surface area contributed by atoms with Crippen molar-refractivity contribution in [2.45, 2.75) is 26.2 Å². The van der Waals surface area contributed by atoms with Gasteiger partial charge in [0.05, 0.1) is 55.4 Å². The number of nitrogens with zero attached hydrogens (tertiary/aromatic N) is 4. The molecule has 2 aliphatic rings. The number of benzene rings is 13. The fourth-order valence-corrected chi connectivity index (χ4v) is 14.1. The third-order valence-electron chi connectivity index (χ3n) is 18.1. The number of rotatable bonds is 6. The molecule has 0 saturated carbocycles. The summed E-state index contributed by atoms with van der Waals surface area (Å²) in [5, 5.41) is 3.00. The quantitative estimate of drug-likeness (QED) is 0.156. The van der Waals surface area contributed by atoms with E-state index in [0.717, 1.165) is 54.8 Å². The number of aromatic nitrogens is 2. The molecule has 0 spiro atoms. The summed E-state index contributed by atoms with van der Waals surface area (Å²) in [5.41, 5.74) is 12.3. The van der Waals surface area contributed by atoms with Gasteiger partial charge in [-0.15, -0.1) is 0 Å². The van der Waals surface area contributed by atoms with E-state index in [-0.39, 0.29) is 43.6 Å². The molecule has 0 bridgehead atoms. The first-order chi connectivity index (χ1) is 50.4. The van der Waals surface area contributed by atoms with E-state index in [9.17, 15) is 11.0 Å². The molecule has 13 aromatic carbocycles. The summed E-state index contributed by atoms with van der Waals surface area (Å²) >= 11 is 0. The Kier molecular flexibility index (Phi) is 7.67. The lowest BCUT2D eigenvalue weighted by atomic mass is 9.33. The number of fused-ring (bicyclic) bond motifs is 16. The van der Waals surface area contributed by atoms with E-state index in [1.54, 1.807) is 0 Å². The van der Waals surface area contributed by atoms with Gasteiger partial charge in [0.15, 0.2) is 11.2 Å². The number of hydrogen-bond acceptors (Lipinski definition) is 4. The normalized spacial score (nSPS) is 15.6. The molecule has 0 fully saturated rings. The van der Waals surface area contributed by atoms with Crippen LogP contribution in [-0.2, 0) is 5.41 Å². The van der Waals surface area contributed by atoms with Crippen molar-refractivity contribution in [3.8, 4) is 33.6 Å². The molecular weight excluding hydrogens is 1080 g/mol. The predicted molar refractivity (Wildman–Crippen MR) is 373 cm³/mol. The van der Waals surface area contributed by atoms with Gasteiger partial charge in [0.2, 0.25) is 0 Å². The van der Waals surface area contributed by atoms with Crippen LogP contribution < -0.4 is 26.2 Å². The molecular formula is C82H55BN4O2. The second-order valence-corrected chi connectivity index (χ2v) is 24.0. The lowest BCUT2D eigenvalue weighted by molar-refractivity contribution is 0.590. The minimum absolute atomic E-state index is 0.0608. The highest BCUT2D eigenvalue weighted by atomic mass is 16.3. The van der Waals surface area contributed by atoms with E-state index in [4.69, 9.17) is 19.8 Å². The summed E-state index contributed by atoms with van der Waals surface area (Å²) in [6.45, 7) is 5.65. The van der Waals surface area contributed by atoms with Gasteiger partial charge in [0.1, 0.15) is 11.2 Å². The molecule has 418 valence electrons. The van der Waals surface area contributed by atoms with E-state index in [1.807, 2.05) is 121 Å². The molecule has 0 amide bonds. The van der Waals surface area contributed by atoms with Crippen LogP contribution in [0.1, 0.15) is 48.3 Å². The van der Waals surface area contributed by atoms with Crippen LogP contribution in [0.2, 0.25) is 0 Å². The average molecular weight is 1160 g/mol. The van der Waals surface area contributed by atoms with Gasteiger partial charge in [-0.2, -0.15) is 0 Å². The number of para-hydroxylation sites is 6. The highest BCUT2D eigenvalue weighted by Crippen LogP contribution is 2.53. The number of furan rings is 2. The number of anilines is 6. The zero-order chi connectivity index (χ0) is 72.7. The molecule has 4 aromatic heterocycles. The van der Waals surface area contributed by atoms with Crippen molar-refractivity contribution in [1.82, 2.24) is 9.13 Å². The molecule has 0 unspecified atom stereocenters. The van der Waals surface area contributed by atoms with Crippen LogP contribution in [-0.4, -0.2) is 15.8 Å². The Morgan fingerprint density at radius 3 is 1.12 bits per heavy atom. The average Bonchev–Trinajstić information content (AvgIpc) is 1.64. The molecule has 0 N–H and O–H groups in total. The van der Waals surface area contributed by atoms with Gasteiger partial charge in [-0.1, -0.05) is 202 Å². The van der Waals surface area contributed by atoms with Crippen molar-refractivity contribution < 1.29 is 30.8 Å². The standard InChI is InChI=1S/C82H55BN4O2/c1-82(2,3)54-46-73-79-74(47-54)87(76-45-53(51-24-8-5-9-25-51)43-64-62-31-15-21-37-78(62)89-81(64)76)72-49-56(85-69-34-18-12-28-59(69)60-29-13-19-35-70(60)85)39-41-66(72)83(79)65-40-38-55(84-67-32-16-10-26-57(67)58-27-11-17-33-68(58)84)48-71(65)86(73)75-44-52(50-22-6-4-7-23-50)42-63-61-30-14-20-36-77(61)88-80(63)75/h4-49H,1-3H3/i10D,11D,12D,13D,16D,17D,18D,19D,26D,27D,28D,29D,32D,33D,34D,35D. The van der Waals surface area contributed by atoms with Crippen molar-refractivity contribution in [1.29, 1.82) is 0 Å². The van der Waals surface area contributed by atoms with Gasteiger partial charge in [-0.3, -0.25) is 0 Å². The van der Waals surface area contributed by atoms with Gasteiger partial charge >= 0.3 is 0 Å². The van der Waals surface area contributed by atoms with Gasteiger partial charge < -0.3 is 27.8 Å². The van der Waals surface area contributed by atoms with Crippen LogP contribution in [0, 0.1) is 0 Å². The summed E-state index contributed by atoms with van der Waals surface area (Å²) in [6, 6.07) is 51.8. The smallest absolute Gasteiger partial charge is 0.252 e. The van der Waals surface area contributed by atoms with E-state index in [1.165, 1.54) is 9.13 Å². The van der Waals surface area contributed by atoms with Crippen LogP contribution in [0.25, 0.3) is 121 Å². The summed E-state index contributed by atoms with van der Waals surface area (Å²) in [4.78, 5) is 4.37.